The minimum absolute atomic E-state index is 0.0477. The van der Waals surface area contributed by atoms with E-state index in [0.717, 1.165) is 19.3 Å². The van der Waals surface area contributed by atoms with Gasteiger partial charge < -0.3 is 15.3 Å². The maximum absolute atomic E-state index is 12.6. The fourth-order valence-corrected chi connectivity index (χ4v) is 3.49. The molecule has 0 bridgehead atoms. The maximum Gasteiger partial charge on any atom is 0.303 e. The van der Waals surface area contributed by atoms with Crippen LogP contribution >= 0.6 is 11.3 Å². The second kappa shape index (κ2) is 8.10. The fourth-order valence-electron chi connectivity index (χ4n) is 2.87. The van der Waals surface area contributed by atoms with Crippen molar-refractivity contribution < 1.29 is 19.5 Å². The van der Waals surface area contributed by atoms with Crippen LogP contribution in [0.2, 0.25) is 0 Å². The molecule has 7 heteroatoms. The first kappa shape index (κ1) is 17.5. The van der Waals surface area contributed by atoms with Crippen LogP contribution in [0, 0.1) is 0 Å². The van der Waals surface area contributed by atoms with Crippen LogP contribution in [0.1, 0.15) is 48.7 Å². The zero-order chi connectivity index (χ0) is 16.8. The Kier molecular flexibility index (Phi) is 6.15. The third kappa shape index (κ3) is 4.79. The van der Waals surface area contributed by atoms with Crippen molar-refractivity contribution in [3.63, 3.8) is 0 Å². The molecule has 2 unspecified atom stereocenters. The van der Waals surface area contributed by atoms with Gasteiger partial charge in [0.2, 0.25) is 5.91 Å². The summed E-state index contributed by atoms with van der Waals surface area (Å²) >= 11 is 1.33. The predicted molar refractivity (Wildman–Crippen MR) is 87.5 cm³/mol. The molecule has 2 amide bonds. The average molecular weight is 338 g/mol. The summed E-state index contributed by atoms with van der Waals surface area (Å²) in [6.45, 7) is 2.30. The molecule has 1 saturated heterocycles. The van der Waals surface area contributed by atoms with Gasteiger partial charge in [0.25, 0.3) is 5.91 Å². The second-order valence-corrected chi connectivity index (χ2v) is 6.73. The fraction of sp³-hybridized carbons (Fsp3) is 0.562. The number of amides is 2. The Morgan fingerprint density at radius 3 is 2.87 bits per heavy atom. The molecule has 0 aliphatic carbocycles. The third-order valence-electron chi connectivity index (χ3n) is 4.06. The highest BCUT2D eigenvalue weighted by Gasteiger charge is 2.30. The lowest BCUT2D eigenvalue weighted by atomic mass is 9.97. The van der Waals surface area contributed by atoms with Crippen LogP contribution in [0.3, 0.4) is 0 Å². The van der Waals surface area contributed by atoms with Gasteiger partial charge in [0.05, 0.1) is 4.88 Å². The summed E-state index contributed by atoms with van der Waals surface area (Å²) in [5, 5.41) is 13.4. The number of aliphatic carboxylic acids is 1. The number of nitrogens with zero attached hydrogens (tertiary/aromatic N) is 1. The number of likely N-dealkylation sites (tertiary alicyclic amines) is 1. The summed E-state index contributed by atoms with van der Waals surface area (Å²) < 4.78 is 0. The first-order valence-electron chi connectivity index (χ1n) is 7.85. The maximum atomic E-state index is 12.6. The topological polar surface area (TPSA) is 86.7 Å². The third-order valence-corrected chi connectivity index (χ3v) is 4.93. The van der Waals surface area contributed by atoms with Crippen molar-refractivity contribution in [1.29, 1.82) is 0 Å². The van der Waals surface area contributed by atoms with Gasteiger partial charge in [0.15, 0.2) is 0 Å². The Hall–Kier alpha value is -1.89. The molecule has 1 aliphatic rings. The van der Waals surface area contributed by atoms with E-state index < -0.39 is 12.0 Å². The molecule has 1 aromatic rings. The number of carboxylic acid groups (broad SMARTS) is 1. The standard InChI is InChI=1S/C16H22N2O4S/c1-11(17-15(21)13-6-4-10-23-13)16(22)18-9-3-2-5-12(18)7-8-14(19)20/h4,6,10-12H,2-3,5,7-9H2,1H3,(H,17,21)(H,19,20). The molecule has 0 saturated carbocycles. The molecule has 23 heavy (non-hydrogen) atoms. The molecule has 2 atom stereocenters. The summed E-state index contributed by atoms with van der Waals surface area (Å²) in [6, 6.07) is 2.84. The normalized spacial score (nSPS) is 19.2. The van der Waals surface area contributed by atoms with Crippen molar-refractivity contribution in [2.45, 2.75) is 51.1 Å². The molecule has 0 spiro atoms. The minimum atomic E-state index is -0.845. The Bertz CT molecular complexity index is 558. The smallest absolute Gasteiger partial charge is 0.303 e. The molecule has 0 aromatic carbocycles. The number of piperidine rings is 1. The molecule has 126 valence electrons. The molecule has 0 radical (unpaired) electrons. The van der Waals surface area contributed by atoms with E-state index >= 15 is 0 Å². The van der Waals surface area contributed by atoms with Crippen LogP contribution in [0.4, 0.5) is 0 Å². The summed E-state index contributed by atoms with van der Waals surface area (Å²) in [6.07, 6.45) is 3.27. The van der Waals surface area contributed by atoms with Crippen LogP contribution < -0.4 is 5.32 Å². The highest BCUT2D eigenvalue weighted by molar-refractivity contribution is 7.12. The number of hydrogen-bond donors (Lipinski definition) is 2. The van der Waals surface area contributed by atoms with Crippen molar-refractivity contribution in [2.75, 3.05) is 6.54 Å². The average Bonchev–Trinajstić information content (AvgIpc) is 3.07. The number of hydrogen-bond acceptors (Lipinski definition) is 4. The zero-order valence-corrected chi connectivity index (χ0v) is 14.0. The SMILES string of the molecule is CC(NC(=O)c1cccs1)C(=O)N1CCCCC1CCC(=O)O. The lowest BCUT2D eigenvalue weighted by Crippen LogP contribution is -2.52. The molecule has 2 N–H and O–H groups in total. The van der Waals surface area contributed by atoms with E-state index in [1.165, 1.54) is 11.3 Å². The van der Waals surface area contributed by atoms with Crippen molar-refractivity contribution in [1.82, 2.24) is 10.2 Å². The van der Waals surface area contributed by atoms with Gasteiger partial charge in [0.1, 0.15) is 6.04 Å². The molecular weight excluding hydrogens is 316 g/mol. The molecule has 2 rings (SSSR count). The minimum Gasteiger partial charge on any atom is -0.481 e. The van der Waals surface area contributed by atoms with Gasteiger partial charge in [-0.2, -0.15) is 0 Å². The van der Waals surface area contributed by atoms with Gasteiger partial charge >= 0.3 is 5.97 Å². The van der Waals surface area contributed by atoms with Crippen molar-refractivity contribution in [2.24, 2.45) is 0 Å². The summed E-state index contributed by atoms with van der Waals surface area (Å²) in [4.78, 5) is 37.8. The Morgan fingerprint density at radius 2 is 2.22 bits per heavy atom. The van der Waals surface area contributed by atoms with Gasteiger partial charge in [-0.05, 0) is 44.1 Å². The highest BCUT2D eigenvalue weighted by Crippen LogP contribution is 2.22. The van der Waals surface area contributed by atoms with Crippen LogP contribution in [0.25, 0.3) is 0 Å². The van der Waals surface area contributed by atoms with E-state index in [9.17, 15) is 14.4 Å². The van der Waals surface area contributed by atoms with E-state index in [4.69, 9.17) is 5.11 Å². The number of nitrogens with one attached hydrogen (secondary N) is 1. The first-order valence-corrected chi connectivity index (χ1v) is 8.73. The second-order valence-electron chi connectivity index (χ2n) is 5.79. The molecule has 1 aliphatic heterocycles. The molecule has 1 aromatic heterocycles. The van der Waals surface area contributed by atoms with Crippen LogP contribution in [-0.2, 0) is 9.59 Å². The van der Waals surface area contributed by atoms with Gasteiger partial charge in [-0.3, -0.25) is 14.4 Å². The summed E-state index contributed by atoms with van der Waals surface area (Å²) in [5.41, 5.74) is 0. The van der Waals surface area contributed by atoms with Gasteiger partial charge in [-0.1, -0.05) is 6.07 Å². The number of carbonyl (C=O) groups is 3. The number of carboxylic acids is 1. The molecule has 1 fully saturated rings. The summed E-state index contributed by atoms with van der Waals surface area (Å²) in [7, 11) is 0. The van der Waals surface area contributed by atoms with E-state index in [-0.39, 0.29) is 24.3 Å². The Morgan fingerprint density at radius 1 is 1.43 bits per heavy atom. The summed E-state index contributed by atoms with van der Waals surface area (Å²) in [5.74, 6) is -1.23. The van der Waals surface area contributed by atoms with Gasteiger partial charge in [-0.25, -0.2) is 0 Å². The predicted octanol–water partition coefficient (Wildman–Crippen LogP) is 2.11. The Labute approximate surface area is 139 Å². The molecule has 2 heterocycles. The monoisotopic (exact) mass is 338 g/mol. The lowest BCUT2D eigenvalue weighted by molar-refractivity contribution is -0.140. The number of thiophene rings is 1. The van der Waals surface area contributed by atoms with E-state index in [0.29, 0.717) is 17.8 Å². The van der Waals surface area contributed by atoms with Crippen molar-refractivity contribution in [3.05, 3.63) is 22.4 Å². The van der Waals surface area contributed by atoms with Crippen LogP contribution in [0.5, 0.6) is 0 Å². The van der Waals surface area contributed by atoms with E-state index in [2.05, 4.69) is 5.32 Å². The highest BCUT2D eigenvalue weighted by atomic mass is 32.1. The number of rotatable bonds is 6. The quantitative estimate of drug-likeness (QED) is 0.832. The van der Waals surface area contributed by atoms with Crippen molar-refractivity contribution >= 4 is 29.1 Å². The van der Waals surface area contributed by atoms with Crippen molar-refractivity contribution in [3.8, 4) is 0 Å². The molecule has 6 nitrogen and oxygen atoms in total. The molecular formula is C16H22N2O4S. The van der Waals surface area contributed by atoms with E-state index in [1.54, 1.807) is 24.0 Å². The zero-order valence-electron chi connectivity index (χ0n) is 13.2. The Balaban J connectivity index is 1.95. The number of carbonyl (C=O) groups excluding carboxylic acids is 2. The van der Waals surface area contributed by atoms with Gasteiger partial charge in [0, 0.05) is 19.0 Å². The first-order chi connectivity index (χ1) is 11.0. The largest absolute Gasteiger partial charge is 0.481 e. The van der Waals surface area contributed by atoms with E-state index in [1.807, 2.05) is 5.38 Å². The van der Waals surface area contributed by atoms with Gasteiger partial charge in [-0.15, -0.1) is 11.3 Å². The van der Waals surface area contributed by atoms with Crippen LogP contribution in [0.15, 0.2) is 17.5 Å². The van der Waals surface area contributed by atoms with Crippen LogP contribution in [-0.4, -0.2) is 46.4 Å². The lowest BCUT2D eigenvalue weighted by Gasteiger charge is -2.37.